The molecule has 178 valence electrons. The van der Waals surface area contributed by atoms with Gasteiger partial charge in [-0.2, -0.15) is 0 Å². The third-order valence-corrected chi connectivity index (χ3v) is 10.7. The van der Waals surface area contributed by atoms with Crippen molar-refractivity contribution in [3.05, 3.63) is 35.9 Å². The number of benzene rings is 1. The molecule has 1 aromatic carbocycles. The van der Waals surface area contributed by atoms with Crippen molar-refractivity contribution in [2.45, 2.75) is 32.5 Å². The number of hydrazine groups is 1. The quantitative estimate of drug-likeness (QED) is 0.330. The first-order valence-electron chi connectivity index (χ1n) is 11.0. The SMILES string of the molecule is CC(C)(C)P(=NC(=S)NNC(=S)NCc1ccccc1)(N1CCOCC1)N1CCOCC1. The van der Waals surface area contributed by atoms with E-state index in [1.807, 2.05) is 18.2 Å². The van der Waals surface area contributed by atoms with Gasteiger partial charge in [0.2, 0.25) is 5.11 Å². The van der Waals surface area contributed by atoms with E-state index in [4.69, 9.17) is 38.7 Å². The van der Waals surface area contributed by atoms with Crippen LogP contribution in [0.4, 0.5) is 0 Å². The average molecular weight is 499 g/mol. The lowest BCUT2D eigenvalue weighted by molar-refractivity contribution is 0.0551. The summed E-state index contributed by atoms with van der Waals surface area (Å²) in [5, 5.41) is 3.98. The van der Waals surface area contributed by atoms with Gasteiger partial charge in [-0.25, -0.2) is 4.74 Å². The van der Waals surface area contributed by atoms with Crippen LogP contribution in [0.5, 0.6) is 0 Å². The van der Waals surface area contributed by atoms with Crippen LogP contribution in [0, 0.1) is 0 Å². The molecular weight excluding hydrogens is 463 g/mol. The molecule has 3 rings (SSSR count). The lowest BCUT2D eigenvalue weighted by atomic mass is 10.2. The summed E-state index contributed by atoms with van der Waals surface area (Å²) in [4.78, 5) is 0. The van der Waals surface area contributed by atoms with E-state index in [1.165, 1.54) is 0 Å². The van der Waals surface area contributed by atoms with E-state index < -0.39 is 7.36 Å². The minimum absolute atomic E-state index is 0.0977. The zero-order valence-electron chi connectivity index (χ0n) is 19.2. The molecule has 2 aliphatic heterocycles. The van der Waals surface area contributed by atoms with Gasteiger partial charge in [-0.3, -0.25) is 20.2 Å². The molecule has 0 spiro atoms. The molecule has 0 amide bonds. The van der Waals surface area contributed by atoms with Crippen molar-refractivity contribution < 1.29 is 9.47 Å². The first-order chi connectivity index (χ1) is 15.3. The summed E-state index contributed by atoms with van der Waals surface area (Å²) in [6.45, 7) is 13.7. The minimum Gasteiger partial charge on any atom is -0.379 e. The zero-order chi connectivity index (χ0) is 23.0. The van der Waals surface area contributed by atoms with E-state index >= 15 is 0 Å². The van der Waals surface area contributed by atoms with Crippen LogP contribution < -0.4 is 16.2 Å². The Labute approximate surface area is 202 Å². The molecule has 0 aromatic heterocycles. The second kappa shape index (κ2) is 11.8. The van der Waals surface area contributed by atoms with Crippen molar-refractivity contribution in [3.63, 3.8) is 0 Å². The monoisotopic (exact) mass is 498 g/mol. The largest absolute Gasteiger partial charge is 0.379 e. The maximum atomic E-state index is 5.69. The van der Waals surface area contributed by atoms with Gasteiger partial charge >= 0.3 is 0 Å². The number of hydrogen-bond acceptors (Lipinski definition) is 4. The highest BCUT2D eigenvalue weighted by atomic mass is 32.1. The highest BCUT2D eigenvalue weighted by molar-refractivity contribution is 7.81. The Hall–Kier alpha value is -1.13. The first-order valence-corrected chi connectivity index (χ1v) is 13.5. The Morgan fingerprint density at radius 2 is 1.47 bits per heavy atom. The molecule has 8 nitrogen and oxygen atoms in total. The van der Waals surface area contributed by atoms with E-state index in [9.17, 15) is 0 Å². The van der Waals surface area contributed by atoms with Crippen LogP contribution in [0.2, 0.25) is 0 Å². The normalized spacial score (nSPS) is 18.6. The molecule has 2 heterocycles. The Kier molecular flexibility index (Phi) is 9.43. The smallest absolute Gasteiger partial charge is 0.212 e. The van der Waals surface area contributed by atoms with Crippen LogP contribution in [-0.2, 0) is 16.0 Å². The summed E-state index contributed by atoms with van der Waals surface area (Å²) in [6.07, 6.45) is 0. The molecule has 0 unspecified atom stereocenters. The molecule has 0 saturated carbocycles. The molecule has 2 aliphatic rings. The molecule has 3 N–H and O–H groups in total. The second-order valence-corrected chi connectivity index (χ2v) is 13.3. The molecule has 2 saturated heterocycles. The molecule has 0 atom stereocenters. The summed E-state index contributed by atoms with van der Waals surface area (Å²) in [5.41, 5.74) is 7.20. The van der Waals surface area contributed by atoms with Crippen LogP contribution in [0.15, 0.2) is 35.1 Å². The van der Waals surface area contributed by atoms with Crippen molar-refractivity contribution in [2.24, 2.45) is 4.74 Å². The highest BCUT2D eigenvalue weighted by Gasteiger charge is 2.45. The molecule has 0 aliphatic carbocycles. The van der Waals surface area contributed by atoms with Gasteiger partial charge in [-0.15, -0.1) is 0 Å². The molecule has 11 heteroatoms. The van der Waals surface area contributed by atoms with Crippen molar-refractivity contribution in [1.82, 2.24) is 25.5 Å². The van der Waals surface area contributed by atoms with Gasteiger partial charge in [0.15, 0.2) is 5.11 Å². The Morgan fingerprint density at radius 3 is 1.97 bits per heavy atom. The zero-order valence-corrected chi connectivity index (χ0v) is 21.7. The third kappa shape index (κ3) is 6.47. The summed E-state index contributed by atoms with van der Waals surface area (Å²) < 4.78 is 21.5. The number of rotatable bonds is 4. The average Bonchev–Trinajstić information content (AvgIpc) is 2.81. The molecular formula is C21H35N6O2PS2. The standard InChI is InChI=1S/C21H35N6O2PS2/c1-21(2,3)30(26-9-13-28-14-10-26,27-11-15-29-16-12-27)25-20(32)24-23-19(31)22-17-18-7-5-4-6-8-18/h4-8H,9-17H2,1-3H3,(H,24,32)(H2,22,23,31). The van der Waals surface area contributed by atoms with Crippen molar-refractivity contribution in [2.75, 3.05) is 52.6 Å². The number of nitrogens with one attached hydrogen (secondary N) is 3. The van der Waals surface area contributed by atoms with Gasteiger partial charge in [0, 0.05) is 37.9 Å². The topological polar surface area (TPSA) is 73.4 Å². The van der Waals surface area contributed by atoms with E-state index in [1.54, 1.807) is 0 Å². The number of morpholine rings is 2. The Morgan fingerprint density at radius 1 is 0.938 bits per heavy atom. The Bertz CT molecular complexity index is 799. The molecule has 0 bridgehead atoms. The summed E-state index contributed by atoms with van der Waals surface area (Å²) >= 11 is 11.1. The number of hydrogen-bond donors (Lipinski definition) is 3. The van der Waals surface area contributed by atoms with Gasteiger partial charge in [0.1, 0.15) is 7.36 Å². The lowest BCUT2D eigenvalue weighted by Gasteiger charge is -2.52. The molecule has 0 radical (unpaired) electrons. The number of nitrogens with zero attached hydrogens (tertiary/aromatic N) is 3. The predicted octanol–water partition coefficient (Wildman–Crippen LogP) is 2.93. The van der Waals surface area contributed by atoms with Crippen LogP contribution in [0.3, 0.4) is 0 Å². The maximum absolute atomic E-state index is 5.69. The third-order valence-electron chi connectivity index (χ3n) is 5.47. The Balaban J connectivity index is 1.74. The lowest BCUT2D eigenvalue weighted by Crippen LogP contribution is -2.49. The van der Waals surface area contributed by atoms with Gasteiger partial charge in [-0.05, 0) is 30.0 Å². The predicted molar refractivity (Wildman–Crippen MR) is 139 cm³/mol. The van der Waals surface area contributed by atoms with Gasteiger partial charge in [0.05, 0.1) is 26.4 Å². The number of thiocarbonyl (C=S) groups is 2. The van der Waals surface area contributed by atoms with E-state index in [2.05, 4.69) is 58.4 Å². The fourth-order valence-corrected chi connectivity index (χ4v) is 8.92. The fourth-order valence-electron chi connectivity index (χ4n) is 4.05. The van der Waals surface area contributed by atoms with Crippen LogP contribution in [-0.4, -0.2) is 77.3 Å². The maximum Gasteiger partial charge on any atom is 0.212 e. The fraction of sp³-hybridized carbons (Fsp3) is 0.619. The molecule has 2 fully saturated rings. The second-order valence-electron chi connectivity index (χ2n) is 8.69. The number of ether oxygens (including phenoxy) is 2. The van der Waals surface area contributed by atoms with Crippen LogP contribution in [0.25, 0.3) is 0 Å². The summed E-state index contributed by atoms with van der Waals surface area (Å²) in [7, 11) is -2.19. The first kappa shape index (κ1) is 25.5. The summed E-state index contributed by atoms with van der Waals surface area (Å²) in [6, 6.07) is 10.1. The van der Waals surface area contributed by atoms with Gasteiger partial charge in [0.25, 0.3) is 0 Å². The molecule has 32 heavy (non-hydrogen) atoms. The van der Waals surface area contributed by atoms with Crippen molar-refractivity contribution in [3.8, 4) is 0 Å². The van der Waals surface area contributed by atoms with Gasteiger partial charge in [-0.1, -0.05) is 51.1 Å². The van der Waals surface area contributed by atoms with E-state index in [-0.39, 0.29) is 5.16 Å². The van der Waals surface area contributed by atoms with Crippen molar-refractivity contribution in [1.29, 1.82) is 0 Å². The summed E-state index contributed by atoms with van der Waals surface area (Å²) in [5.74, 6) is 0. The molecule has 1 aromatic rings. The highest BCUT2D eigenvalue weighted by Crippen LogP contribution is 2.66. The van der Waals surface area contributed by atoms with E-state index in [0.717, 1.165) is 31.7 Å². The van der Waals surface area contributed by atoms with E-state index in [0.29, 0.717) is 43.2 Å². The van der Waals surface area contributed by atoms with Gasteiger partial charge < -0.3 is 14.8 Å². The van der Waals surface area contributed by atoms with Crippen molar-refractivity contribution >= 4 is 42.0 Å². The van der Waals surface area contributed by atoms with Crippen LogP contribution in [0.1, 0.15) is 26.3 Å². The minimum atomic E-state index is -2.19. The van der Waals surface area contributed by atoms with Crippen LogP contribution >= 0.6 is 31.8 Å².